The van der Waals surface area contributed by atoms with Crippen LogP contribution in [0.2, 0.25) is 5.15 Å². The molecule has 1 aliphatic heterocycles. The first kappa shape index (κ1) is 21.1. The first-order valence-electron chi connectivity index (χ1n) is 9.93. The topological polar surface area (TPSA) is 77.6 Å². The normalized spacial score (nSPS) is 13.7. The van der Waals surface area contributed by atoms with Crippen molar-refractivity contribution in [2.75, 3.05) is 36.4 Å². The first-order chi connectivity index (χ1) is 15.1. The minimum Gasteiger partial charge on any atom is -0.368 e. The molecule has 1 fully saturated rings. The maximum Gasteiger partial charge on any atom is 0.322 e. The molecule has 3 aromatic rings. The van der Waals surface area contributed by atoms with E-state index >= 15 is 0 Å². The number of nitrogens with one attached hydrogen (secondary N) is 2. The van der Waals surface area contributed by atoms with Crippen molar-refractivity contribution < 1.29 is 9.59 Å². The molecule has 0 radical (unpaired) electrons. The number of nitrogens with zero attached hydrogens (tertiary/aromatic N) is 3. The average Bonchev–Trinajstić information content (AvgIpc) is 3.26. The standard InChI is InChI=1S/C22H22ClN5O2S/c23-19-8-4-5-16(25-19)15-24-20(29)18-9-14-31-21(18)26-22(30)28-12-10-27(11-13-28)17-6-2-1-3-7-17/h1-9,14H,10-13,15H2,(H,24,29)(H,26,30). The molecule has 0 atom stereocenters. The quantitative estimate of drug-likeness (QED) is 0.568. The van der Waals surface area contributed by atoms with Gasteiger partial charge in [0, 0.05) is 31.9 Å². The average molecular weight is 456 g/mol. The Hall–Kier alpha value is -3.10. The molecule has 3 amide bonds. The number of thiophene rings is 1. The minimum atomic E-state index is -0.271. The number of amides is 3. The Bertz CT molecular complexity index is 1050. The Morgan fingerprint density at radius 2 is 1.77 bits per heavy atom. The molecule has 2 N–H and O–H groups in total. The van der Waals surface area contributed by atoms with Gasteiger partial charge in [-0.25, -0.2) is 9.78 Å². The summed E-state index contributed by atoms with van der Waals surface area (Å²) in [5.41, 5.74) is 2.26. The summed E-state index contributed by atoms with van der Waals surface area (Å²) in [5, 5.41) is 8.41. The lowest BCUT2D eigenvalue weighted by atomic mass is 10.2. The Morgan fingerprint density at radius 1 is 1.00 bits per heavy atom. The number of carbonyl (C=O) groups is 2. The number of para-hydroxylation sites is 1. The van der Waals surface area contributed by atoms with Crippen LogP contribution in [0.4, 0.5) is 15.5 Å². The second kappa shape index (κ2) is 9.80. The van der Waals surface area contributed by atoms with E-state index < -0.39 is 0 Å². The van der Waals surface area contributed by atoms with Gasteiger partial charge in [0.1, 0.15) is 10.2 Å². The van der Waals surface area contributed by atoms with Gasteiger partial charge < -0.3 is 15.1 Å². The summed E-state index contributed by atoms with van der Waals surface area (Å²) < 4.78 is 0. The van der Waals surface area contributed by atoms with Crippen molar-refractivity contribution in [3.63, 3.8) is 0 Å². The maximum atomic E-state index is 12.7. The molecule has 0 aliphatic carbocycles. The predicted molar refractivity (Wildman–Crippen MR) is 124 cm³/mol. The number of rotatable bonds is 5. The van der Waals surface area contributed by atoms with E-state index in [1.165, 1.54) is 11.3 Å². The summed E-state index contributed by atoms with van der Waals surface area (Å²) in [7, 11) is 0. The van der Waals surface area contributed by atoms with Gasteiger partial charge in [-0.1, -0.05) is 35.9 Å². The van der Waals surface area contributed by atoms with Gasteiger partial charge in [-0.2, -0.15) is 0 Å². The van der Waals surface area contributed by atoms with Crippen molar-refractivity contribution in [3.8, 4) is 0 Å². The number of hydrogen-bond donors (Lipinski definition) is 2. The van der Waals surface area contributed by atoms with Crippen molar-refractivity contribution in [3.05, 3.63) is 76.4 Å². The van der Waals surface area contributed by atoms with E-state index in [2.05, 4.69) is 32.7 Å². The van der Waals surface area contributed by atoms with Crippen LogP contribution >= 0.6 is 22.9 Å². The van der Waals surface area contributed by atoms with E-state index in [-0.39, 0.29) is 18.5 Å². The Balaban J connectivity index is 1.31. The molecule has 9 heteroatoms. The second-order valence-electron chi connectivity index (χ2n) is 7.04. The van der Waals surface area contributed by atoms with Gasteiger partial charge in [-0.15, -0.1) is 11.3 Å². The summed E-state index contributed by atoms with van der Waals surface area (Å²) in [5.74, 6) is -0.271. The highest BCUT2D eigenvalue weighted by Gasteiger charge is 2.23. The first-order valence-corrected chi connectivity index (χ1v) is 11.2. The van der Waals surface area contributed by atoms with Crippen LogP contribution in [0, 0.1) is 0 Å². The van der Waals surface area contributed by atoms with E-state index in [9.17, 15) is 9.59 Å². The highest BCUT2D eigenvalue weighted by atomic mass is 35.5. The van der Waals surface area contributed by atoms with Crippen LogP contribution in [0.5, 0.6) is 0 Å². The molecular formula is C22H22ClN5O2S. The Morgan fingerprint density at radius 3 is 2.52 bits per heavy atom. The van der Waals surface area contributed by atoms with Gasteiger partial charge in [0.15, 0.2) is 0 Å². The fourth-order valence-electron chi connectivity index (χ4n) is 3.38. The number of aromatic nitrogens is 1. The zero-order valence-corrected chi connectivity index (χ0v) is 18.3. The zero-order chi connectivity index (χ0) is 21.6. The van der Waals surface area contributed by atoms with Gasteiger partial charge in [0.05, 0.1) is 17.8 Å². The number of carbonyl (C=O) groups excluding carboxylic acids is 2. The van der Waals surface area contributed by atoms with E-state index in [0.717, 1.165) is 18.8 Å². The smallest absolute Gasteiger partial charge is 0.322 e. The van der Waals surface area contributed by atoms with Gasteiger partial charge in [-0.05, 0) is 35.7 Å². The van der Waals surface area contributed by atoms with Crippen LogP contribution in [0.15, 0.2) is 60.0 Å². The SMILES string of the molecule is O=C(NCc1cccc(Cl)n1)c1ccsc1NC(=O)N1CCN(c2ccccc2)CC1. The molecule has 1 aliphatic rings. The number of pyridine rings is 1. The molecule has 3 heterocycles. The summed E-state index contributed by atoms with van der Waals surface area (Å²) in [4.78, 5) is 33.5. The van der Waals surface area contributed by atoms with Gasteiger partial charge >= 0.3 is 6.03 Å². The third-order valence-electron chi connectivity index (χ3n) is 5.02. The molecule has 4 rings (SSSR count). The number of hydrogen-bond acceptors (Lipinski definition) is 5. The molecule has 0 bridgehead atoms. The largest absolute Gasteiger partial charge is 0.368 e. The van der Waals surface area contributed by atoms with E-state index in [4.69, 9.17) is 11.6 Å². The molecule has 1 aromatic carbocycles. The number of halogens is 1. The van der Waals surface area contributed by atoms with Crippen LogP contribution in [-0.2, 0) is 6.54 Å². The monoisotopic (exact) mass is 455 g/mol. The van der Waals surface area contributed by atoms with Crippen molar-refractivity contribution in [1.29, 1.82) is 0 Å². The van der Waals surface area contributed by atoms with Crippen LogP contribution in [0.25, 0.3) is 0 Å². The third-order valence-corrected chi connectivity index (χ3v) is 6.06. The third kappa shape index (κ3) is 5.34. The lowest BCUT2D eigenvalue weighted by molar-refractivity contribution is 0.0951. The van der Waals surface area contributed by atoms with Gasteiger partial charge in [0.25, 0.3) is 5.91 Å². The Labute approximate surface area is 189 Å². The molecule has 160 valence electrons. The lowest BCUT2D eigenvalue weighted by Gasteiger charge is -2.36. The van der Waals surface area contributed by atoms with E-state index in [0.29, 0.717) is 34.5 Å². The van der Waals surface area contributed by atoms with Gasteiger partial charge in [0.2, 0.25) is 0 Å². The summed E-state index contributed by atoms with van der Waals surface area (Å²) in [6, 6.07) is 16.9. The summed E-state index contributed by atoms with van der Waals surface area (Å²) >= 11 is 7.21. The van der Waals surface area contributed by atoms with Crippen molar-refractivity contribution in [2.45, 2.75) is 6.54 Å². The van der Waals surface area contributed by atoms with Crippen LogP contribution < -0.4 is 15.5 Å². The van der Waals surface area contributed by atoms with Crippen LogP contribution in [0.1, 0.15) is 16.1 Å². The van der Waals surface area contributed by atoms with E-state index in [1.54, 1.807) is 34.5 Å². The minimum absolute atomic E-state index is 0.194. The highest BCUT2D eigenvalue weighted by Crippen LogP contribution is 2.24. The van der Waals surface area contributed by atoms with Crippen LogP contribution in [-0.4, -0.2) is 48.0 Å². The predicted octanol–water partition coefficient (Wildman–Crippen LogP) is 4.08. The number of urea groups is 1. The zero-order valence-electron chi connectivity index (χ0n) is 16.8. The molecule has 7 nitrogen and oxygen atoms in total. The molecule has 0 saturated carbocycles. The molecule has 0 spiro atoms. The van der Waals surface area contributed by atoms with Crippen LogP contribution in [0.3, 0.4) is 0 Å². The second-order valence-corrected chi connectivity index (χ2v) is 8.34. The molecule has 31 heavy (non-hydrogen) atoms. The highest BCUT2D eigenvalue weighted by molar-refractivity contribution is 7.14. The fraction of sp³-hybridized carbons (Fsp3) is 0.227. The maximum absolute atomic E-state index is 12.7. The molecular weight excluding hydrogens is 434 g/mol. The Kier molecular flexibility index (Phi) is 6.69. The van der Waals surface area contributed by atoms with E-state index in [1.807, 2.05) is 18.2 Å². The summed E-state index contributed by atoms with van der Waals surface area (Å²) in [6.45, 7) is 3.02. The lowest BCUT2D eigenvalue weighted by Crippen LogP contribution is -2.50. The molecule has 1 saturated heterocycles. The number of benzene rings is 1. The molecule has 2 aromatic heterocycles. The van der Waals surface area contributed by atoms with Crippen molar-refractivity contribution in [1.82, 2.24) is 15.2 Å². The van der Waals surface area contributed by atoms with Gasteiger partial charge in [-0.3, -0.25) is 10.1 Å². The summed E-state index contributed by atoms with van der Waals surface area (Å²) in [6.07, 6.45) is 0. The molecule has 0 unspecified atom stereocenters. The van der Waals surface area contributed by atoms with Crippen molar-refractivity contribution >= 4 is 45.6 Å². The fourth-order valence-corrected chi connectivity index (χ4v) is 4.34. The number of piperazine rings is 1. The number of anilines is 2. The van der Waals surface area contributed by atoms with Crippen molar-refractivity contribution in [2.24, 2.45) is 0 Å².